The van der Waals surface area contributed by atoms with Gasteiger partial charge in [0, 0.05) is 12.2 Å². The number of carboxylic acids is 1. The number of hydrogen-bond donors (Lipinski definition) is 3. The van der Waals surface area contributed by atoms with Crippen LogP contribution in [0.4, 0.5) is 15.8 Å². The van der Waals surface area contributed by atoms with Crippen molar-refractivity contribution in [2.45, 2.75) is 6.54 Å². The monoisotopic (exact) mass is 290 g/mol. The third-order valence-corrected chi connectivity index (χ3v) is 3.01. The molecule has 0 aliphatic rings. The summed E-state index contributed by atoms with van der Waals surface area (Å²) in [6.45, 7) is 0.351. The molecule has 2 rings (SSSR count). The van der Waals surface area contributed by atoms with Crippen LogP contribution in [0, 0.1) is 5.82 Å². The summed E-state index contributed by atoms with van der Waals surface area (Å²) in [5, 5.41) is 11.8. The molecule has 0 aromatic heterocycles. The lowest BCUT2D eigenvalue weighted by molar-refractivity contribution is 0.0698. The first kappa shape index (κ1) is 14.6. The first-order valence-corrected chi connectivity index (χ1v) is 6.20. The van der Waals surface area contributed by atoms with E-state index in [9.17, 15) is 9.18 Å². The Bertz CT molecular complexity index is 657. The molecule has 0 bridgehead atoms. The molecule has 2 aromatic carbocycles. The predicted octanol–water partition coefficient (Wildman–Crippen LogP) is 2.73. The van der Waals surface area contributed by atoms with Gasteiger partial charge in [0.1, 0.15) is 11.6 Å². The van der Waals surface area contributed by atoms with E-state index in [1.807, 2.05) is 12.1 Å². The van der Waals surface area contributed by atoms with Crippen molar-refractivity contribution in [3.05, 3.63) is 53.3 Å². The van der Waals surface area contributed by atoms with Crippen molar-refractivity contribution in [1.29, 1.82) is 0 Å². The van der Waals surface area contributed by atoms with Gasteiger partial charge in [0.25, 0.3) is 0 Å². The minimum atomic E-state index is -1.19. The van der Waals surface area contributed by atoms with Crippen LogP contribution in [-0.2, 0) is 6.54 Å². The number of benzene rings is 2. The van der Waals surface area contributed by atoms with E-state index in [0.717, 1.165) is 17.4 Å². The molecule has 0 spiro atoms. The van der Waals surface area contributed by atoms with Crippen molar-refractivity contribution < 1.29 is 19.0 Å². The highest BCUT2D eigenvalue weighted by Crippen LogP contribution is 2.23. The van der Waals surface area contributed by atoms with Crippen LogP contribution in [0.3, 0.4) is 0 Å². The van der Waals surface area contributed by atoms with Crippen molar-refractivity contribution in [1.82, 2.24) is 0 Å². The van der Waals surface area contributed by atoms with Gasteiger partial charge in [0.2, 0.25) is 0 Å². The minimum Gasteiger partial charge on any atom is -0.497 e. The van der Waals surface area contributed by atoms with Crippen LogP contribution in [0.1, 0.15) is 15.9 Å². The molecular formula is C15H15FN2O3. The SMILES string of the molecule is COc1ccc(CNc2cc(C(=O)O)c(N)cc2F)cc1. The molecule has 21 heavy (non-hydrogen) atoms. The lowest BCUT2D eigenvalue weighted by atomic mass is 10.1. The topological polar surface area (TPSA) is 84.6 Å². The molecule has 2 aromatic rings. The van der Waals surface area contributed by atoms with E-state index >= 15 is 0 Å². The summed E-state index contributed by atoms with van der Waals surface area (Å²) < 4.78 is 18.8. The number of hydrogen-bond acceptors (Lipinski definition) is 4. The molecule has 6 heteroatoms. The maximum absolute atomic E-state index is 13.8. The van der Waals surface area contributed by atoms with E-state index in [1.54, 1.807) is 19.2 Å². The molecule has 4 N–H and O–H groups in total. The molecule has 0 atom stereocenters. The normalized spacial score (nSPS) is 10.2. The number of carboxylic acid groups (broad SMARTS) is 1. The van der Waals surface area contributed by atoms with Crippen LogP contribution in [0.5, 0.6) is 5.75 Å². The van der Waals surface area contributed by atoms with Crippen molar-refractivity contribution >= 4 is 17.3 Å². The van der Waals surface area contributed by atoms with Gasteiger partial charge in [-0.25, -0.2) is 9.18 Å². The number of ether oxygens (including phenoxy) is 1. The maximum Gasteiger partial charge on any atom is 0.337 e. The van der Waals surface area contributed by atoms with Gasteiger partial charge >= 0.3 is 5.97 Å². The molecule has 0 saturated carbocycles. The molecular weight excluding hydrogens is 275 g/mol. The average Bonchev–Trinajstić information content (AvgIpc) is 2.46. The summed E-state index contributed by atoms with van der Waals surface area (Å²) >= 11 is 0. The van der Waals surface area contributed by atoms with Crippen LogP contribution in [0.25, 0.3) is 0 Å². The van der Waals surface area contributed by atoms with Crippen LogP contribution in [-0.4, -0.2) is 18.2 Å². The number of nitrogens with two attached hydrogens (primary N) is 1. The van der Waals surface area contributed by atoms with Crippen molar-refractivity contribution in [3.8, 4) is 5.75 Å². The predicted molar refractivity (Wildman–Crippen MR) is 78.1 cm³/mol. The highest BCUT2D eigenvalue weighted by Gasteiger charge is 2.13. The lowest BCUT2D eigenvalue weighted by Gasteiger charge is -2.10. The van der Waals surface area contributed by atoms with Crippen LogP contribution in [0.15, 0.2) is 36.4 Å². The number of rotatable bonds is 5. The van der Waals surface area contributed by atoms with E-state index in [0.29, 0.717) is 6.54 Å². The highest BCUT2D eigenvalue weighted by molar-refractivity contribution is 5.94. The van der Waals surface area contributed by atoms with Gasteiger partial charge in [0.15, 0.2) is 0 Å². The molecule has 0 saturated heterocycles. The molecule has 0 radical (unpaired) electrons. The average molecular weight is 290 g/mol. The summed E-state index contributed by atoms with van der Waals surface area (Å²) in [4.78, 5) is 11.0. The number of halogens is 1. The first-order chi connectivity index (χ1) is 10.0. The van der Waals surface area contributed by atoms with E-state index in [-0.39, 0.29) is 16.9 Å². The molecule has 0 aliphatic heterocycles. The van der Waals surface area contributed by atoms with Gasteiger partial charge in [-0.2, -0.15) is 0 Å². The van der Waals surface area contributed by atoms with Crippen LogP contribution >= 0.6 is 0 Å². The molecule has 5 nitrogen and oxygen atoms in total. The number of nitrogens with one attached hydrogen (secondary N) is 1. The molecule has 0 unspecified atom stereocenters. The number of carbonyl (C=O) groups is 1. The second kappa shape index (κ2) is 6.13. The van der Waals surface area contributed by atoms with Gasteiger partial charge in [-0.15, -0.1) is 0 Å². The van der Waals surface area contributed by atoms with Crippen LogP contribution < -0.4 is 15.8 Å². The Kier molecular flexibility index (Phi) is 4.27. The molecule has 0 fully saturated rings. The first-order valence-electron chi connectivity index (χ1n) is 6.20. The van der Waals surface area contributed by atoms with Crippen molar-refractivity contribution in [2.24, 2.45) is 0 Å². The second-order valence-electron chi connectivity index (χ2n) is 4.43. The zero-order valence-electron chi connectivity index (χ0n) is 11.4. The number of anilines is 2. The van der Waals surface area contributed by atoms with Crippen molar-refractivity contribution in [2.75, 3.05) is 18.2 Å². The number of methoxy groups -OCH3 is 1. The Morgan fingerprint density at radius 1 is 1.33 bits per heavy atom. The molecule has 0 amide bonds. The maximum atomic E-state index is 13.8. The van der Waals surface area contributed by atoms with Gasteiger partial charge in [-0.05, 0) is 29.8 Å². The number of nitrogen functional groups attached to an aromatic ring is 1. The zero-order chi connectivity index (χ0) is 15.4. The van der Waals surface area contributed by atoms with Gasteiger partial charge in [-0.1, -0.05) is 12.1 Å². The molecule has 0 heterocycles. The second-order valence-corrected chi connectivity index (χ2v) is 4.43. The number of aromatic carboxylic acids is 1. The molecule has 110 valence electrons. The largest absolute Gasteiger partial charge is 0.497 e. The van der Waals surface area contributed by atoms with Gasteiger partial charge in [-0.3, -0.25) is 0 Å². The quantitative estimate of drug-likeness (QED) is 0.737. The van der Waals surface area contributed by atoms with E-state index < -0.39 is 11.8 Å². The Morgan fingerprint density at radius 3 is 2.57 bits per heavy atom. The van der Waals surface area contributed by atoms with Crippen molar-refractivity contribution in [3.63, 3.8) is 0 Å². The Hall–Kier alpha value is -2.76. The fourth-order valence-electron chi connectivity index (χ4n) is 1.85. The highest BCUT2D eigenvalue weighted by atomic mass is 19.1. The summed E-state index contributed by atoms with van der Waals surface area (Å²) in [6, 6.07) is 9.44. The Morgan fingerprint density at radius 2 is 2.00 bits per heavy atom. The summed E-state index contributed by atoms with van der Waals surface area (Å²) in [5.74, 6) is -1.06. The van der Waals surface area contributed by atoms with E-state index in [1.165, 1.54) is 6.07 Å². The van der Waals surface area contributed by atoms with Gasteiger partial charge < -0.3 is 20.9 Å². The zero-order valence-corrected chi connectivity index (χ0v) is 11.4. The molecule has 0 aliphatic carbocycles. The van der Waals surface area contributed by atoms with Crippen LogP contribution in [0.2, 0.25) is 0 Å². The summed E-state index contributed by atoms with van der Waals surface area (Å²) in [6.07, 6.45) is 0. The Balaban J connectivity index is 2.15. The Labute approximate surface area is 121 Å². The minimum absolute atomic E-state index is 0.0948. The fraction of sp³-hybridized carbons (Fsp3) is 0.133. The third-order valence-electron chi connectivity index (χ3n) is 3.01. The smallest absolute Gasteiger partial charge is 0.337 e. The lowest BCUT2D eigenvalue weighted by Crippen LogP contribution is -2.07. The van der Waals surface area contributed by atoms with E-state index in [4.69, 9.17) is 15.6 Å². The summed E-state index contributed by atoms with van der Waals surface area (Å²) in [5.41, 5.74) is 6.24. The fourth-order valence-corrected chi connectivity index (χ4v) is 1.85. The summed E-state index contributed by atoms with van der Waals surface area (Å²) in [7, 11) is 1.57. The van der Waals surface area contributed by atoms with Gasteiger partial charge in [0.05, 0.1) is 18.4 Å². The van der Waals surface area contributed by atoms with E-state index in [2.05, 4.69) is 5.32 Å². The third kappa shape index (κ3) is 3.42. The standard InChI is InChI=1S/C15H15FN2O3/c1-21-10-4-2-9(3-5-10)8-18-14-6-11(15(19)20)13(17)7-12(14)16/h2-7,18H,8,17H2,1H3,(H,19,20).